The third-order valence-corrected chi connectivity index (χ3v) is 4.68. The summed E-state index contributed by atoms with van der Waals surface area (Å²) < 4.78 is 14.2. The molecule has 2 heterocycles. The van der Waals surface area contributed by atoms with Gasteiger partial charge in [-0.05, 0) is 42.8 Å². The first-order chi connectivity index (χ1) is 15.0. The smallest absolute Gasteiger partial charge is 0.321 e. The van der Waals surface area contributed by atoms with Crippen molar-refractivity contribution in [3.63, 3.8) is 0 Å². The number of hydrogen-bond acceptors (Lipinski definition) is 4. The fraction of sp³-hybridized carbons (Fsp3) is 0.143. The number of nitrogens with one attached hydrogen (secondary N) is 4. The number of hydrogen-bond donors (Lipinski definition) is 4. The number of halogens is 1. The Morgan fingerprint density at radius 3 is 2.52 bits per heavy atom. The van der Waals surface area contributed by atoms with Crippen LogP contribution in [0, 0.1) is 5.82 Å². The highest BCUT2D eigenvalue weighted by Gasteiger charge is 2.22. The molecule has 0 spiro atoms. The van der Waals surface area contributed by atoms with E-state index in [1.54, 1.807) is 24.4 Å². The number of carbonyl (C=O) groups excluding carboxylic acids is 3. The average molecular weight is 422 g/mol. The van der Waals surface area contributed by atoms with Crippen molar-refractivity contribution in [2.75, 3.05) is 28.6 Å². The molecule has 1 aromatic heterocycles. The van der Waals surface area contributed by atoms with E-state index in [9.17, 15) is 18.8 Å². The molecule has 0 atom stereocenters. The molecule has 0 unspecified atom stereocenters. The van der Waals surface area contributed by atoms with Crippen LogP contribution in [0.15, 0.2) is 54.7 Å². The first-order valence-corrected chi connectivity index (χ1v) is 9.58. The van der Waals surface area contributed by atoms with Gasteiger partial charge in [0.05, 0.1) is 17.4 Å². The monoisotopic (exact) mass is 422 g/mol. The molecule has 0 radical (unpaired) electrons. The lowest BCUT2D eigenvalue weighted by molar-refractivity contribution is -0.114. The summed E-state index contributed by atoms with van der Waals surface area (Å²) in [6.07, 6.45) is 4.49. The number of carbonyl (C=O) groups is 3. The van der Waals surface area contributed by atoms with Crippen molar-refractivity contribution < 1.29 is 18.8 Å². The van der Waals surface area contributed by atoms with Gasteiger partial charge in [0.25, 0.3) is 0 Å². The zero-order valence-electron chi connectivity index (χ0n) is 16.3. The minimum atomic E-state index is -0.570. The first kappa shape index (κ1) is 20.1. The lowest BCUT2D eigenvalue weighted by Gasteiger charge is -2.28. The summed E-state index contributed by atoms with van der Waals surface area (Å²) in [7, 11) is 0. The van der Waals surface area contributed by atoms with Gasteiger partial charge in [-0.1, -0.05) is 0 Å². The Hall–Kier alpha value is -4.21. The van der Waals surface area contributed by atoms with Gasteiger partial charge in [0.1, 0.15) is 5.82 Å². The van der Waals surface area contributed by atoms with Gasteiger partial charge in [-0.2, -0.15) is 5.10 Å². The number of anilines is 3. The maximum Gasteiger partial charge on any atom is 0.321 e. The summed E-state index contributed by atoms with van der Waals surface area (Å²) >= 11 is 0. The zero-order chi connectivity index (χ0) is 21.8. The summed E-state index contributed by atoms with van der Waals surface area (Å²) in [6, 6.07) is 8.79. The maximum atomic E-state index is 14.2. The molecule has 2 aromatic carbocycles. The molecule has 1 aliphatic heterocycles. The lowest BCUT2D eigenvalue weighted by Crippen LogP contribution is -2.46. The van der Waals surface area contributed by atoms with Crippen molar-refractivity contribution in [1.82, 2.24) is 15.5 Å². The Balaban J connectivity index is 1.38. The Morgan fingerprint density at radius 1 is 1.06 bits per heavy atom. The van der Waals surface area contributed by atoms with E-state index in [4.69, 9.17) is 0 Å². The number of aromatic amines is 1. The van der Waals surface area contributed by atoms with Crippen LogP contribution in [0.4, 0.5) is 26.2 Å². The Bertz CT molecular complexity index is 1190. The predicted octanol–water partition coefficient (Wildman–Crippen LogP) is 2.76. The standard InChI is InChI=1S/C21H19FN6O3/c22-16-4-2-15(11-18(16)28-9-1-8-23-21(28)31)26-20(30)7-6-19(29)25-14-3-5-17-13(10-14)12-24-27-17/h2-7,10-12H,1,8-9H2,(H,23,31)(H,24,27)(H,25,29)(H,26,30)/b7-6+. The molecular formula is C21H19FN6O3. The fourth-order valence-corrected chi connectivity index (χ4v) is 3.20. The molecule has 3 aromatic rings. The van der Waals surface area contributed by atoms with Crippen molar-refractivity contribution in [1.29, 1.82) is 0 Å². The van der Waals surface area contributed by atoms with Gasteiger partial charge in [-0.3, -0.25) is 19.6 Å². The molecular weight excluding hydrogens is 403 g/mol. The third-order valence-electron chi connectivity index (χ3n) is 4.68. The SMILES string of the molecule is O=C(/C=C/C(=O)Nc1ccc2[nH]ncc2c1)Nc1ccc(F)c(N2CCCNC2=O)c1. The van der Waals surface area contributed by atoms with E-state index in [1.165, 1.54) is 23.1 Å². The minimum absolute atomic E-state index is 0.0753. The summed E-state index contributed by atoms with van der Waals surface area (Å²) in [5.74, 6) is -1.62. The first-order valence-electron chi connectivity index (χ1n) is 9.58. The van der Waals surface area contributed by atoms with Crippen LogP contribution in [0.2, 0.25) is 0 Å². The van der Waals surface area contributed by atoms with Gasteiger partial charge in [0.15, 0.2) is 0 Å². The Kier molecular flexibility index (Phi) is 5.61. The number of nitrogens with zero attached hydrogens (tertiary/aromatic N) is 2. The molecule has 0 aliphatic carbocycles. The van der Waals surface area contributed by atoms with Crippen LogP contribution >= 0.6 is 0 Å². The number of aromatic nitrogens is 2. The fourth-order valence-electron chi connectivity index (χ4n) is 3.20. The molecule has 10 heteroatoms. The van der Waals surface area contributed by atoms with Crippen molar-refractivity contribution in [3.8, 4) is 0 Å². The summed E-state index contributed by atoms with van der Waals surface area (Å²) in [5.41, 5.74) is 1.78. The van der Waals surface area contributed by atoms with Crippen molar-refractivity contribution in [2.24, 2.45) is 0 Å². The third kappa shape index (κ3) is 4.69. The molecule has 0 saturated carbocycles. The minimum Gasteiger partial charge on any atom is -0.338 e. The summed E-state index contributed by atoms with van der Waals surface area (Å²) in [5, 5.41) is 15.4. The number of benzene rings is 2. The molecule has 1 saturated heterocycles. The van der Waals surface area contributed by atoms with E-state index in [0.717, 1.165) is 23.1 Å². The van der Waals surface area contributed by atoms with Crippen LogP contribution < -0.4 is 20.9 Å². The predicted molar refractivity (Wildman–Crippen MR) is 114 cm³/mol. The molecule has 1 aliphatic rings. The van der Waals surface area contributed by atoms with Gasteiger partial charge >= 0.3 is 6.03 Å². The van der Waals surface area contributed by atoms with E-state index in [0.29, 0.717) is 30.9 Å². The second-order valence-electron chi connectivity index (χ2n) is 6.89. The summed E-state index contributed by atoms with van der Waals surface area (Å²) in [4.78, 5) is 37.5. The van der Waals surface area contributed by atoms with Crippen LogP contribution in [0.25, 0.3) is 10.9 Å². The van der Waals surface area contributed by atoms with Crippen molar-refractivity contribution in [2.45, 2.75) is 6.42 Å². The molecule has 9 nitrogen and oxygen atoms in total. The molecule has 4 rings (SSSR count). The van der Waals surface area contributed by atoms with Gasteiger partial charge in [0, 0.05) is 42.0 Å². The lowest BCUT2D eigenvalue weighted by atomic mass is 10.2. The second-order valence-corrected chi connectivity index (χ2v) is 6.89. The topological polar surface area (TPSA) is 119 Å². The number of amides is 4. The second kappa shape index (κ2) is 8.66. The van der Waals surface area contributed by atoms with Crippen molar-refractivity contribution in [3.05, 3.63) is 60.6 Å². The number of H-pyrrole nitrogens is 1. The number of fused-ring (bicyclic) bond motifs is 1. The van der Waals surface area contributed by atoms with Gasteiger partial charge in [0.2, 0.25) is 11.8 Å². The zero-order valence-corrected chi connectivity index (χ0v) is 16.3. The molecule has 1 fully saturated rings. The quantitative estimate of drug-likeness (QED) is 0.473. The molecule has 31 heavy (non-hydrogen) atoms. The molecule has 158 valence electrons. The maximum absolute atomic E-state index is 14.2. The van der Waals surface area contributed by atoms with Crippen molar-refractivity contribution >= 4 is 45.8 Å². The van der Waals surface area contributed by atoms with Gasteiger partial charge in [-0.25, -0.2) is 9.18 Å². The van der Waals surface area contributed by atoms with E-state index in [2.05, 4.69) is 26.1 Å². The largest absolute Gasteiger partial charge is 0.338 e. The van der Waals surface area contributed by atoms with E-state index in [-0.39, 0.29) is 11.7 Å². The molecule has 4 N–H and O–H groups in total. The van der Waals surface area contributed by atoms with Crippen LogP contribution in [0.5, 0.6) is 0 Å². The van der Waals surface area contributed by atoms with Crippen LogP contribution in [0.1, 0.15) is 6.42 Å². The molecule has 0 bridgehead atoms. The summed E-state index contributed by atoms with van der Waals surface area (Å²) in [6.45, 7) is 0.918. The normalized spacial score (nSPS) is 14.0. The van der Waals surface area contributed by atoms with E-state index in [1.807, 2.05) is 0 Å². The van der Waals surface area contributed by atoms with Crippen LogP contribution in [-0.4, -0.2) is 41.1 Å². The highest BCUT2D eigenvalue weighted by molar-refractivity contribution is 6.07. The highest BCUT2D eigenvalue weighted by Crippen LogP contribution is 2.25. The van der Waals surface area contributed by atoms with Crippen LogP contribution in [0.3, 0.4) is 0 Å². The number of urea groups is 1. The van der Waals surface area contributed by atoms with E-state index < -0.39 is 17.6 Å². The molecule has 4 amide bonds. The van der Waals surface area contributed by atoms with Crippen LogP contribution in [-0.2, 0) is 9.59 Å². The Morgan fingerprint density at radius 2 is 1.77 bits per heavy atom. The number of rotatable bonds is 5. The highest BCUT2D eigenvalue weighted by atomic mass is 19.1. The Labute approximate surface area is 176 Å². The van der Waals surface area contributed by atoms with Gasteiger partial charge in [-0.15, -0.1) is 0 Å². The average Bonchev–Trinajstić information content (AvgIpc) is 3.22. The van der Waals surface area contributed by atoms with E-state index >= 15 is 0 Å². The van der Waals surface area contributed by atoms with Gasteiger partial charge < -0.3 is 16.0 Å².